The number of anilines is 1. The predicted molar refractivity (Wildman–Crippen MR) is 58.5 cm³/mol. The number of nitrogens with one attached hydrogen (secondary N) is 1. The van der Waals surface area contributed by atoms with E-state index < -0.39 is 0 Å². The van der Waals surface area contributed by atoms with Gasteiger partial charge < -0.3 is 10.1 Å². The predicted octanol–water partition coefficient (Wildman–Crippen LogP) is 2.81. The van der Waals surface area contributed by atoms with Gasteiger partial charge in [-0.2, -0.15) is 0 Å². The van der Waals surface area contributed by atoms with Crippen LogP contribution in [-0.2, 0) is 4.74 Å². The molecule has 1 saturated heterocycles. The lowest BCUT2D eigenvalue weighted by Gasteiger charge is -2.16. The fourth-order valence-corrected chi connectivity index (χ4v) is 1.86. The third-order valence-corrected chi connectivity index (χ3v) is 2.65. The Bertz CT molecular complexity index is 308. The normalized spacial score (nSPS) is 22.1. The Hall–Kier alpha value is -1.09. The van der Waals surface area contributed by atoms with Crippen molar-refractivity contribution in [3.63, 3.8) is 0 Å². The van der Waals surface area contributed by atoms with Gasteiger partial charge in [0.2, 0.25) is 0 Å². The van der Waals surface area contributed by atoms with Crippen molar-refractivity contribution >= 4 is 5.69 Å². The molecule has 0 bridgehead atoms. The molecule has 15 heavy (non-hydrogen) atoms. The second-order valence-electron chi connectivity index (χ2n) is 3.89. The van der Waals surface area contributed by atoms with E-state index >= 15 is 0 Å². The summed E-state index contributed by atoms with van der Waals surface area (Å²) in [7, 11) is 0. The van der Waals surface area contributed by atoms with E-state index in [0.29, 0.717) is 6.04 Å². The third kappa shape index (κ3) is 3.20. The maximum atomic E-state index is 12.9. The van der Waals surface area contributed by atoms with Crippen molar-refractivity contribution in [1.82, 2.24) is 0 Å². The standard InChI is InChI=1S/C12H16FNO/c13-10-3-1-4-12(9-10)14-11-5-2-7-15-8-6-11/h1,3-4,9,11,14H,2,5-8H2. The molecular weight excluding hydrogens is 193 g/mol. The molecule has 1 N–H and O–H groups in total. The Morgan fingerprint density at radius 3 is 3.07 bits per heavy atom. The summed E-state index contributed by atoms with van der Waals surface area (Å²) in [6.07, 6.45) is 3.17. The van der Waals surface area contributed by atoms with E-state index in [1.54, 1.807) is 6.07 Å². The monoisotopic (exact) mass is 209 g/mol. The summed E-state index contributed by atoms with van der Waals surface area (Å²) < 4.78 is 18.3. The number of halogens is 1. The molecule has 1 atom stereocenters. The van der Waals surface area contributed by atoms with Crippen LogP contribution in [0.3, 0.4) is 0 Å². The lowest BCUT2D eigenvalue weighted by Crippen LogP contribution is -2.19. The van der Waals surface area contributed by atoms with Crippen molar-refractivity contribution in [2.75, 3.05) is 18.5 Å². The van der Waals surface area contributed by atoms with Crippen LogP contribution in [-0.4, -0.2) is 19.3 Å². The van der Waals surface area contributed by atoms with Crippen molar-refractivity contribution in [1.29, 1.82) is 0 Å². The molecule has 0 aliphatic carbocycles. The minimum absolute atomic E-state index is 0.190. The van der Waals surface area contributed by atoms with Gasteiger partial charge in [-0.05, 0) is 37.5 Å². The van der Waals surface area contributed by atoms with Crippen LogP contribution in [0.4, 0.5) is 10.1 Å². The van der Waals surface area contributed by atoms with Crippen LogP contribution in [0.2, 0.25) is 0 Å². The van der Waals surface area contributed by atoms with Gasteiger partial charge in [0.25, 0.3) is 0 Å². The average Bonchev–Trinajstić information content (AvgIpc) is 2.46. The molecule has 1 fully saturated rings. The van der Waals surface area contributed by atoms with Gasteiger partial charge in [0.1, 0.15) is 5.82 Å². The highest BCUT2D eigenvalue weighted by atomic mass is 19.1. The molecule has 0 radical (unpaired) electrons. The fourth-order valence-electron chi connectivity index (χ4n) is 1.86. The molecule has 0 spiro atoms. The van der Waals surface area contributed by atoms with Gasteiger partial charge in [0.05, 0.1) is 0 Å². The molecule has 0 amide bonds. The van der Waals surface area contributed by atoms with Crippen LogP contribution in [0.5, 0.6) is 0 Å². The lowest BCUT2D eigenvalue weighted by molar-refractivity contribution is 0.144. The Kier molecular flexibility index (Phi) is 3.56. The first-order chi connectivity index (χ1) is 7.34. The molecule has 82 valence electrons. The molecule has 1 aliphatic heterocycles. The second kappa shape index (κ2) is 5.12. The fraction of sp³-hybridized carbons (Fsp3) is 0.500. The molecule has 1 aromatic rings. The first-order valence-corrected chi connectivity index (χ1v) is 5.44. The zero-order chi connectivity index (χ0) is 10.5. The minimum atomic E-state index is -0.190. The zero-order valence-electron chi connectivity index (χ0n) is 8.71. The van der Waals surface area contributed by atoms with Crippen molar-refractivity contribution in [3.05, 3.63) is 30.1 Å². The third-order valence-electron chi connectivity index (χ3n) is 2.65. The molecule has 1 aromatic carbocycles. The Morgan fingerprint density at radius 1 is 1.27 bits per heavy atom. The highest BCUT2D eigenvalue weighted by Crippen LogP contribution is 2.16. The van der Waals surface area contributed by atoms with Gasteiger partial charge in [-0.3, -0.25) is 0 Å². The maximum Gasteiger partial charge on any atom is 0.125 e. The first-order valence-electron chi connectivity index (χ1n) is 5.44. The highest BCUT2D eigenvalue weighted by Gasteiger charge is 2.11. The van der Waals surface area contributed by atoms with E-state index in [1.807, 2.05) is 6.07 Å². The van der Waals surface area contributed by atoms with Gasteiger partial charge in [0.15, 0.2) is 0 Å². The van der Waals surface area contributed by atoms with Gasteiger partial charge in [-0.1, -0.05) is 6.07 Å². The Labute approximate surface area is 89.4 Å². The van der Waals surface area contributed by atoms with Gasteiger partial charge in [-0.25, -0.2) is 4.39 Å². The first kappa shape index (κ1) is 10.4. The lowest BCUT2D eigenvalue weighted by atomic mass is 10.1. The van der Waals surface area contributed by atoms with Crippen LogP contribution in [0, 0.1) is 5.82 Å². The highest BCUT2D eigenvalue weighted by molar-refractivity contribution is 5.43. The van der Waals surface area contributed by atoms with Crippen LogP contribution in [0.1, 0.15) is 19.3 Å². The molecule has 2 nitrogen and oxygen atoms in total. The topological polar surface area (TPSA) is 21.3 Å². The number of hydrogen-bond acceptors (Lipinski definition) is 2. The zero-order valence-corrected chi connectivity index (χ0v) is 8.71. The molecule has 1 heterocycles. The van der Waals surface area contributed by atoms with E-state index in [1.165, 1.54) is 12.1 Å². The Morgan fingerprint density at radius 2 is 2.20 bits per heavy atom. The quantitative estimate of drug-likeness (QED) is 0.808. The van der Waals surface area contributed by atoms with E-state index in [9.17, 15) is 4.39 Å². The van der Waals surface area contributed by atoms with E-state index in [2.05, 4.69) is 5.32 Å². The van der Waals surface area contributed by atoms with E-state index in [-0.39, 0.29) is 5.82 Å². The van der Waals surface area contributed by atoms with Crippen molar-refractivity contribution in [2.24, 2.45) is 0 Å². The van der Waals surface area contributed by atoms with Gasteiger partial charge in [-0.15, -0.1) is 0 Å². The summed E-state index contributed by atoms with van der Waals surface area (Å²) in [5.41, 5.74) is 0.863. The maximum absolute atomic E-state index is 12.9. The average molecular weight is 209 g/mol. The SMILES string of the molecule is Fc1cccc(NC2CCCOCC2)c1. The molecule has 0 saturated carbocycles. The Balaban J connectivity index is 1.95. The summed E-state index contributed by atoms with van der Waals surface area (Å²) >= 11 is 0. The van der Waals surface area contributed by atoms with Crippen LogP contribution in [0.15, 0.2) is 24.3 Å². The second-order valence-corrected chi connectivity index (χ2v) is 3.89. The number of ether oxygens (including phenoxy) is 1. The smallest absolute Gasteiger partial charge is 0.125 e. The largest absolute Gasteiger partial charge is 0.382 e. The summed E-state index contributed by atoms with van der Waals surface area (Å²) in [6, 6.07) is 7.03. The summed E-state index contributed by atoms with van der Waals surface area (Å²) in [5.74, 6) is -0.190. The number of rotatable bonds is 2. The molecule has 3 heteroatoms. The van der Waals surface area contributed by atoms with Crippen molar-refractivity contribution in [2.45, 2.75) is 25.3 Å². The molecule has 0 aromatic heterocycles. The van der Waals surface area contributed by atoms with E-state index in [4.69, 9.17) is 4.74 Å². The van der Waals surface area contributed by atoms with Gasteiger partial charge >= 0.3 is 0 Å². The van der Waals surface area contributed by atoms with Crippen molar-refractivity contribution in [3.8, 4) is 0 Å². The molecule has 2 rings (SSSR count). The summed E-state index contributed by atoms with van der Waals surface area (Å²) in [5, 5.41) is 3.34. The number of benzene rings is 1. The number of hydrogen-bond donors (Lipinski definition) is 1. The van der Waals surface area contributed by atoms with E-state index in [0.717, 1.165) is 38.2 Å². The van der Waals surface area contributed by atoms with Crippen LogP contribution >= 0.6 is 0 Å². The van der Waals surface area contributed by atoms with Gasteiger partial charge in [0, 0.05) is 24.9 Å². The minimum Gasteiger partial charge on any atom is -0.382 e. The van der Waals surface area contributed by atoms with Crippen molar-refractivity contribution < 1.29 is 9.13 Å². The van der Waals surface area contributed by atoms with Crippen LogP contribution < -0.4 is 5.32 Å². The molecular formula is C12H16FNO. The summed E-state index contributed by atoms with van der Waals surface area (Å²) in [6.45, 7) is 1.65. The van der Waals surface area contributed by atoms with Crippen LogP contribution in [0.25, 0.3) is 0 Å². The summed E-state index contributed by atoms with van der Waals surface area (Å²) in [4.78, 5) is 0. The molecule has 1 unspecified atom stereocenters. The molecule has 1 aliphatic rings.